The van der Waals surface area contributed by atoms with Gasteiger partial charge in [-0.15, -0.1) is 0 Å². The molecule has 4 aromatic rings. The molecule has 0 unspecified atom stereocenters. The SMILES string of the molecule is COc1cc2[nH]c3c(Nc4cccc(Br)c4)ncnc3c2cc1OC. The molecule has 2 aromatic heterocycles. The summed E-state index contributed by atoms with van der Waals surface area (Å²) in [6.07, 6.45) is 1.55. The van der Waals surface area contributed by atoms with Crippen LogP contribution >= 0.6 is 15.9 Å². The van der Waals surface area contributed by atoms with Crippen molar-refractivity contribution in [2.45, 2.75) is 0 Å². The van der Waals surface area contributed by atoms with Crippen molar-refractivity contribution in [1.82, 2.24) is 15.0 Å². The first kappa shape index (κ1) is 15.7. The molecule has 25 heavy (non-hydrogen) atoms. The number of halogens is 1. The molecule has 0 saturated carbocycles. The van der Waals surface area contributed by atoms with Crippen LogP contribution in [0.15, 0.2) is 47.2 Å². The summed E-state index contributed by atoms with van der Waals surface area (Å²) in [5, 5.41) is 4.28. The van der Waals surface area contributed by atoms with Gasteiger partial charge >= 0.3 is 0 Å². The topological polar surface area (TPSA) is 72.1 Å². The van der Waals surface area contributed by atoms with E-state index in [1.165, 1.54) is 0 Å². The maximum absolute atomic E-state index is 5.40. The van der Waals surface area contributed by atoms with E-state index < -0.39 is 0 Å². The molecule has 0 radical (unpaired) electrons. The summed E-state index contributed by atoms with van der Waals surface area (Å²) in [6, 6.07) is 11.7. The van der Waals surface area contributed by atoms with Gasteiger partial charge in [-0.05, 0) is 24.3 Å². The van der Waals surface area contributed by atoms with Gasteiger partial charge in [0.25, 0.3) is 0 Å². The Kier molecular flexibility index (Phi) is 3.93. The standard InChI is InChI=1S/C18H15BrN4O2/c1-24-14-7-12-13(8-15(14)25-2)23-17-16(12)20-9-21-18(17)22-11-5-3-4-10(19)6-11/h3-9,23H,1-2H3,(H,20,21,22). The first-order chi connectivity index (χ1) is 12.2. The van der Waals surface area contributed by atoms with E-state index in [1.54, 1.807) is 20.5 Å². The van der Waals surface area contributed by atoms with E-state index in [4.69, 9.17) is 9.47 Å². The average molecular weight is 399 g/mol. The lowest BCUT2D eigenvalue weighted by Gasteiger charge is -2.07. The van der Waals surface area contributed by atoms with Gasteiger partial charge in [-0.2, -0.15) is 0 Å². The van der Waals surface area contributed by atoms with Crippen LogP contribution in [0.4, 0.5) is 11.5 Å². The second-order valence-corrected chi connectivity index (χ2v) is 6.37. The van der Waals surface area contributed by atoms with Gasteiger partial charge in [0.15, 0.2) is 17.3 Å². The summed E-state index contributed by atoms with van der Waals surface area (Å²) in [6.45, 7) is 0. The van der Waals surface area contributed by atoms with Crippen molar-refractivity contribution in [3.05, 3.63) is 47.2 Å². The van der Waals surface area contributed by atoms with Gasteiger partial charge < -0.3 is 19.8 Å². The highest BCUT2D eigenvalue weighted by Crippen LogP contribution is 2.36. The number of nitrogens with zero attached hydrogens (tertiary/aromatic N) is 2. The predicted molar refractivity (Wildman–Crippen MR) is 102 cm³/mol. The molecule has 6 nitrogen and oxygen atoms in total. The first-order valence-corrected chi connectivity index (χ1v) is 8.40. The Morgan fingerprint density at radius 2 is 1.84 bits per heavy atom. The fourth-order valence-electron chi connectivity index (χ4n) is 2.82. The van der Waals surface area contributed by atoms with Gasteiger partial charge in [0.1, 0.15) is 17.4 Å². The molecule has 2 heterocycles. The smallest absolute Gasteiger partial charge is 0.162 e. The Balaban J connectivity index is 1.89. The van der Waals surface area contributed by atoms with E-state index in [9.17, 15) is 0 Å². The summed E-state index contributed by atoms with van der Waals surface area (Å²) in [4.78, 5) is 12.2. The van der Waals surface area contributed by atoms with Gasteiger partial charge in [0.2, 0.25) is 0 Å². The van der Waals surface area contributed by atoms with Crippen LogP contribution in [0, 0.1) is 0 Å². The third-order valence-electron chi connectivity index (χ3n) is 3.97. The minimum Gasteiger partial charge on any atom is -0.493 e. The number of rotatable bonds is 4. The van der Waals surface area contributed by atoms with Gasteiger partial charge in [0, 0.05) is 21.6 Å². The Labute approximate surface area is 152 Å². The van der Waals surface area contributed by atoms with Crippen molar-refractivity contribution < 1.29 is 9.47 Å². The average Bonchev–Trinajstić information content (AvgIpc) is 2.99. The van der Waals surface area contributed by atoms with E-state index in [0.717, 1.165) is 32.1 Å². The van der Waals surface area contributed by atoms with Crippen molar-refractivity contribution in [2.75, 3.05) is 19.5 Å². The number of hydrogen-bond donors (Lipinski definition) is 2. The number of methoxy groups -OCH3 is 2. The summed E-state index contributed by atoms with van der Waals surface area (Å²) >= 11 is 3.48. The van der Waals surface area contributed by atoms with Gasteiger partial charge in [-0.3, -0.25) is 0 Å². The zero-order valence-corrected chi connectivity index (χ0v) is 15.2. The Morgan fingerprint density at radius 3 is 2.60 bits per heavy atom. The molecule has 0 aliphatic rings. The molecule has 126 valence electrons. The van der Waals surface area contributed by atoms with Gasteiger partial charge in [0.05, 0.1) is 19.7 Å². The lowest BCUT2D eigenvalue weighted by Crippen LogP contribution is -1.95. The van der Waals surface area contributed by atoms with E-state index in [2.05, 4.69) is 36.2 Å². The second kappa shape index (κ2) is 6.25. The van der Waals surface area contributed by atoms with Crippen molar-refractivity contribution in [1.29, 1.82) is 0 Å². The number of H-pyrrole nitrogens is 1. The number of fused-ring (bicyclic) bond motifs is 3. The highest BCUT2D eigenvalue weighted by Gasteiger charge is 2.14. The number of aromatic amines is 1. The monoisotopic (exact) mass is 398 g/mol. The van der Waals surface area contributed by atoms with E-state index in [1.807, 2.05) is 36.4 Å². The lowest BCUT2D eigenvalue weighted by atomic mass is 10.2. The molecular weight excluding hydrogens is 384 g/mol. The summed E-state index contributed by atoms with van der Waals surface area (Å²) in [5.41, 5.74) is 3.49. The zero-order chi connectivity index (χ0) is 17.4. The minimum atomic E-state index is 0.663. The molecule has 0 aliphatic heterocycles. The Morgan fingerprint density at radius 1 is 1.04 bits per heavy atom. The highest BCUT2D eigenvalue weighted by atomic mass is 79.9. The van der Waals surface area contributed by atoms with Crippen LogP contribution in [0.2, 0.25) is 0 Å². The molecule has 4 rings (SSSR count). The molecule has 0 amide bonds. The fraction of sp³-hybridized carbons (Fsp3) is 0.111. The van der Waals surface area contributed by atoms with Crippen molar-refractivity contribution >= 4 is 49.4 Å². The molecule has 0 saturated heterocycles. The fourth-order valence-corrected chi connectivity index (χ4v) is 3.22. The zero-order valence-electron chi connectivity index (χ0n) is 13.6. The highest BCUT2D eigenvalue weighted by molar-refractivity contribution is 9.10. The van der Waals surface area contributed by atoms with E-state index in [-0.39, 0.29) is 0 Å². The molecule has 0 spiro atoms. The molecule has 0 fully saturated rings. The predicted octanol–water partition coefficient (Wildman–Crippen LogP) is 4.63. The molecule has 0 aliphatic carbocycles. The van der Waals surface area contributed by atoms with Crippen molar-refractivity contribution in [3.8, 4) is 11.5 Å². The third-order valence-corrected chi connectivity index (χ3v) is 4.47. The normalized spacial score (nSPS) is 11.0. The maximum Gasteiger partial charge on any atom is 0.162 e. The van der Waals surface area contributed by atoms with E-state index in [0.29, 0.717) is 17.3 Å². The minimum absolute atomic E-state index is 0.663. The summed E-state index contributed by atoms with van der Waals surface area (Å²) in [7, 11) is 3.24. The summed E-state index contributed by atoms with van der Waals surface area (Å²) in [5.74, 6) is 2.03. The maximum atomic E-state index is 5.40. The van der Waals surface area contributed by atoms with Crippen molar-refractivity contribution in [2.24, 2.45) is 0 Å². The molecular formula is C18H15BrN4O2. The van der Waals surface area contributed by atoms with Crippen LogP contribution in [0.3, 0.4) is 0 Å². The van der Waals surface area contributed by atoms with Crippen LogP contribution in [-0.2, 0) is 0 Å². The van der Waals surface area contributed by atoms with Crippen LogP contribution < -0.4 is 14.8 Å². The van der Waals surface area contributed by atoms with E-state index >= 15 is 0 Å². The van der Waals surface area contributed by atoms with Crippen LogP contribution in [-0.4, -0.2) is 29.2 Å². The number of nitrogens with one attached hydrogen (secondary N) is 2. The number of anilines is 2. The number of benzene rings is 2. The largest absolute Gasteiger partial charge is 0.493 e. The van der Waals surface area contributed by atoms with Crippen LogP contribution in [0.1, 0.15) is 0 Å². The molecule has 0 atom stereocenters. The Hall–Kier alpha value is -2.80. The third kappa shape index (κ3) is 2.76. The lowest BCUT2D eigenvalue weighted by molar-refractivity contribution is 0.356. The molecule has 2 aromatic carbocycles. The second-order valence-electron chi connectivity index (χ2n) is 5.46. The number of aromatic nitrogens is 3. The first-order valence-electron chi connectivity index (χ1n) is 7.60. The molecule has 7 heteroatoms. The summed E-state index contributed by atoms with van der Waals surface area (Å²) < 4.78 is 11.8. The van der Waals surface area contributed by atoms with Gasteiger partial charge in [-0.25, -0.2) is 9.97 Å². The van der Waals surface area contributed by atoms with Crippen LogP contribution in [0.25, 0.3) is 21.9 Å². The number of hydrogen-bond acceptors (Lipinski definition) is 5. The Bertz CT molecular complexity index is 1080. The van der Waals surface area contributed by atoms with Gasteiger partial charge in [-0.1, -0.05) is 22.0 Å². The molecule has 2 N–H and O–H groups in total. The molecule has 0 bridgehead atoms. The van der Waals surface area contributed by atoms with Crippen molar-refractivity contribution in [3.63, 3.8) is 0 Å². The number of ether oxygens (including phenoxy) is 2. The quantitative estimate of drug-likeness (QED) is 0.523. The van der Waals surface area contributed by atoms with Crippen LogP contribution in [0.5, 0.6) is 11.5 Å².